The lowest BCUT2D eigenvalue weighted by Crippen LogP contribution is -2.48. The normalized spacial score (nSPS) is 30.2. The molecule has 0 radical (unpaired) electrons. The minimum atomic E-state index is -3.78. The van der Waals surface area contributed by atoms with Gasteiger partial charge in [0.25, 0.3) is 0 Å². The van der Waals surface area contributed by atoms with E-state index in [9.17, 15) is 18.0 Å². The number of carbonyl (C=O) groups excluding carboxylic acids is 2. The molecule has 8 heteroatoms. The monoisotopic (exact) mass is 410 g/mol. The lowest BCUT2D eigenvalue weighted by molar-refractivity contribution is -0.126. The number of sulfonamides is 1. The number of nitrogens with zero attached hydrogens (tertiary/aromatic N) is 1. The summed E-state index contributed by atoms with van der Waals surface area (Å²) in [5, 5.41) is 0. The van der Waals surface area contributed by atoms with Crippen LogP contribution in [0.1, 0.15) is 0 Å². The fourth-order valence-electron chi connectivity index (χ4n) is 4.43. The largest absolute Gasteiger partial charge is 0.361 e. The molecule has 0 saturated carbocycles. The Morgan fingerprint density at radius 2 is 1.62 bits per heavy atom. The van der Waals surface area contributed by atoms with Gasteiger partial charge in [-0.15, -0.1) is 0 Å². The number of hydrogen-bond donors (Lipinski definition) is 1. The summed E-state index contributed by atoms with van der Waals surface area (Å²) in [6.07, 6.45) is 2.93. The summed E-state index contributed by atoms with van der Waals surface area (Å²) in [5.74, 6) is -2.08. The molecule has 2 fully saturated rings. The minimum Gasteiger partial charge on any atom is -0.361 e. The average Bonchev–Trinajstić information content (AvgIpc) is 3.38. The second kappa shape index (κ2) is 6.35. The second-order valence-corrected chi connectivity index (χ2v) is 9.15. The topological polar surface area (TPSA) is 92.8 Å². The van der Waals surface area contributed by atoms with Crippen LogP contribution in [0.2, 0.25) is 0 Å². The van der Waals surface area contributed by atoms with Crippen LogP contribution in [-0.4, -0.2) is 38.5 Å². The van der Waals surface area contributed by atoms with E-state index in [-0.39, 0.29) is 23.3 Å². The number of carbonyl (C=O) groups is 2. The molecular formula is C21H18N2O5S. The van der Waals surface area contributed by atoms with Gasteiger partial charge < -0.3 is 4.74 Å². The molecule has 0 spiro atoms. The highest BCUT2D eigenvalue weighted by Crippen LogP contribution is 2.52. The third kappa shape index (κ3) is 2.67. The summed E-state index contributed by atoms with van der Waals surface area (Å²) >= 11 is 0. The summed E-state index contributed by atoms with van der Waals surface area (Å²) in [5.41, 5.74) is -0.663. The summed E-state index contributed by atoms with van der Waals surface area (Å²) in [4.78, 5) is 27.5. The zero-order chi connectivity index (χ0) is 20.2. The number of benzene rings is 2. The van der Waals surface area contributed by atoms with Crippen molar-refractivity contribution in [2.75, 3.05) is 11.4 Å². The maximum atomic E-state index is 13.2. The summed E-state index contributed by atoms with van der Waals surface area (Å²) in [6, 6.07) is 16.7. The molecule has 2 aromatic rings. The first kappa shape index (κ1) is 18.2. The van der Waals surface area contributed by atoms with E-state index >= 15 is 0 Å². The second-order valence-electron chi connectivity index (χ2n) is 7.39. The Morgan fingerprint density at radius 3 is 2.31 bits per heavy atom. The van der Waals surface area contributed by atoms with E-state index in [0.717, 1.165) is 0 Å². The third-order valence-corrected chi connectivity index (χ3v) is 7.18. The standard InChI is InChI=1S/C21H18N2O5S/c24-19-17-16-11-12-21(28-16,13-22-29(26,27)15-9-5-2-6-10-15)18(17)20(25)23(19)14-7-3-1-4-8-14/h1-12,16-18,22H,13H2. The molecule has 0 aliphatic carbocycles. The number of fused-ring (bicyclic) bond motifs is 5. The molecule has 1 N–H and O–H groups in total. The van der Waals surface area contributed by atoms with Crippen LogP contribution in [0, 0.1) is 11.8 Å². The van der Waals surface area contributed by atoms with E-state index in [4.69, 9.17) is 4.74 Å². The molecular weight excluding hydrogens is 392 g/mol. The number of rotatable bonds is 5. The maximum absolute atomic E-state index is 13.2. The van der Waals surface area contributed by atoms with Crippen LogP contribution in [0.5, 0.6) is 0 Å². The third-order valence-electron chi connectivity index (χ3n) is 5.76. The molecule has 148 valence electrons. The first-order valence-corrected chi connectivity index (χ1v) is 10.8. The van der Waals surface area contributed by atoms with E-state index in [0.29, 0.717) is 5.69 Å². The maximum Gasteiger partial charge on any atom is 0.241 e. The fraction of sp³-hybridized carbons (Fsp3) is 0.238. The average molecular weight is 410 g/mol. The Morgan fingerprint density at radius 1 is 0.966 bits per heavy atom. The van der Waals surface area contributed by atoms with Gasteiger partial charge in [0.15, 0.2) is 0 Å². The lowest BCUT2D eigenvalue weighted by Gasteiger charge is -2.29. The van der Waals surface area contributed by atoms with Crippen molar-refractivity contribution in [3.8, 4) is 0 Å². The molecule has 2 amide bonds. The lowest BCUT2D eigenvalue weighted by atomic mass is 9.77. The van der Waals surface area contributed by atoms with E-state index in [1.807, 2.05) is 6.07 Å². The molecule has 2 aromatic carbocycles. The highest BCUT2D eigenvalue weighted by atomic mass is 32.2. The zero-order valence-corrected chi connectivity index (χ0v) is 16.1. The van der Waals surface area contributed by atoms with Crippen molar-refractivity contribution in [1.29, 1.82) is 0 Å². The Kier molecular flexibility index (Phi) is 3.99. The number of amides is 2. The van der Waals surface area contributed by atoms with Gasteiger partial charge in [0, 0.05) is 6.54 Å². The van der Waals surface area contributed by atoms with Crippen molar-refractivity contribution in [2.45, 2.75) is 16.6 Å². The number of imide groups is 1. The summed E-state index contributed by atoms with van der Waals surface area (Å²) in [7, 11) is -3.78. The predicted molar refractivity (Wildman–Crippen MR) is 104 cm³/mol. The zero-order valence-electron chi connectivity index (χ0n) is 15.3. The fourth-order valence-corrected chi connectivity index (χ4v) is 5.53. The Labute approximate surface area is 168 Å². The Hall–Kier alpha value is -2.81. The van der Waals surface area contributed by atoms with Crippen molar-refractivity contribution in [2.24, 2.45) is 11.8 Å². The minimum absolute atomic E-state index is 0.125. The first-order chi connectivity index (χ1) is 13.9. The summed E-state index contributed by atoms with van der Waals surface area (Å²) in [6.45, 7) is -0.125. The molecule has 29 heavy (non-hydrogen) atoms. The van der Waals surface area contributed by atoms with Gasteiger partial charge in [0.05, 0.1) is 28.5 Å². The van der Waals surface area contributed by atoms with Gasteiger partial charge in [-0.05, 0) is 24.3 Å². The van der Waals surface area contributed by atoms with Crippen molar-refractivity contribution in [1.82, 2.24) is 4.72 Å². The Balaban J connectivity index is 1.44. The highest BCUT2D eigenvalue weighted by Gasteiger charge is 2.67. The molecule has 4 unspecified atom stereocenters. The molecule has 2 bridgehead atoms. The molecule has 3 aliphatic rings. The predicted octanol–water partition coefficient (Wildman–Crippen LogP) is 1.48. The van der Waals surface area contributed by atoms with Gasteiger partial charge in [-0.2, -0.15) is 0 Å². The molecule has 4 atom stereocenters. The number of hydrogen-bond acceptors (Lipinski definition) is 5. The first-order valence-electron chi connectivity index (χ1n) is 9.28. The van der Waals surface area contributed by atoms with Crippen molar-refractivity contribution in [3.05, 3.63) is 72.8 Å². The quantitative estimate of drug-likeness (QED) is 0.595. The number of para-hydroxylation sites is 1. The van der Waals surface area contributed by atoms with E-state index in [1.165, 1.54) is 17.0 Å². The molecule has 3 heterocycles. The van der Waals surface area contributed by atoms with Crippen LogP contribution in [-0.2, 0) is 24.3 Å². The highest BCUT2D eigenvalue weighted by molar-refractivity contribution is 7.89. The molecule has 3 aliphatic heterocycles. The van der Waals surface area contributed by atoms with Crippen LogP contribution in [0.25, 0.3) is 0 Å². The van der Waals surface area contributed by atoms with Crippen LogP contribution in [0.4, 0.5) is 5.69 Å². The van der Waals surface area contributed by atoms with Crippen LogP contribution in [0.15, 0.2) is 77.7 Å². The van der Waals surface area contributed by atoms with Gasteiger partial charge in [0.2, 0.25) is 21.8 Å². The smallest absolute Gasteiger partial charge is 0.241 e. The van der Waals surface area contributed by atoms with Gasteiger partial charge in [0.1, 0.15) is 5.60 Å². The van der Waals surface area contributed by atoms with E-state index < -0.39 is 33.6 Å². The SMILES string of the molecule is O=C1C2C3C=CC(CNS(=O)(=O)c4ccccc4)(O3)C2C(=O)N1c1ccccc1. The number of nitrogens with one attached hydrogen (secondary N) is 1. The molecule has 0 aromatic heterocycles. The van der Waals surface area contributed by atoms with Crippen molar-refractivity contribution < 1.29 is 22.7 Å². The van der Waals surface area contributed by atoms with Gasteiger partial charge in [-0.25, -0.2) is 18.0 Å². The van der Waals surface area contributed by atoms with Crippen molar-refractivity contribution >= 4 is 27.5 Å². The van der Waals surface area contributed by atoms with E-state index in [1.54, 1.807) is 54.6 Å². The number of ether oxygens (including phenoxy) is 1. The van der Waals surface area contributed by atoms with E-state index in [2.05, 4.69) is 4.72 Å². The molecule has 2 saturated heterocycles. The van der Waals surface area contributed by atoms with Gasteiger partial charge >= 0.3 is 0 Å². The van der Waals surface area contributed by atoms with Gasteiger partial charge in [-0.3, -0.25) is 9.59 Å². The molecule has 7 nitrogen and oxygen atoms in total. The number of anilines is 1. The van der Waals surface area contributed by atoms with Gasteiger partial charge in [-0.1, -0.05) is 48.6 Å². The van der Waals surface area contributed by atoms with Crippen LogP contribution < -0.4 is 9.62 Å². The molecule has 5 rings (SSSR count). The summed E-state index contributed by atoms with van der Waals surface area (Å²) < 4.78 is 33.8. The Bertz CT molecular complexity index is 1120. The van der Waals surface area contributed by atoms with Crippen molar-refractivity contribution in [3.63, 3.8) is 0 Å². The van der Waals surface area contributed by atoms with Crippen LogP contribution >= 0.6 is 0 Å². The van der Waals surface area contributed by atoms with Crippen LogP contribution in [0.3, 0.4) is 0 Å².